The maximum absolute atomic E-state index is 12.1. The summed E-state index contributed by atoms with van der Waals surface area (Å²) in [6, 6.07) is 7.78. The van der Waals surface area contributed by atoms with Crippen LogP contribution in [-0.2, 0) is 5.54 Å². The molecule has 0 aliphatic heterocycles. The minimum Gasteiger partial charge on any atom is -0.341 e. The molecule has 1 aromatic carbocycles. The molecule has 24 heavy (non-hydrogen) atoms. The summed E-state index contributed by atoms with van der Waals surface area (Å²) in [6.45, 7) is 4.27. The van der Waals surface area contributed by atoms with Crippen molar-refractivity contribution in [1.82, 2.24) is 30.8 Å². The fraction of sp³-hybridized carbons (Fsp3) is 0.529. The molecule has 1 aromatic heterocycles. The van der Waals surface area contributed by atoms with Crippen LogP contribution in [0.15, 0.2) is 24.3 Å². The number of hydrogen-bond donors (Lipinski definition) is 2. The lowest BCUT2D eigenvalue weighted by atomic mass is 9.76. The summed E-state index contributed by atoms with van der Waals surface area (Å²) in [7, 11) is 1.62. The first-order valence-electron chi connectivity index (χ1n) is 8.40. The zero-order valence-corrected chi connectivity index (χ0v) is 14.4. The van der Waals surface area contributed by atoms with E-state index in [0.29, 0.717) is 11.7 Å². The summed E-state index contributed by atoms with van der Waals surface area (Å²) >= 11 is 0. The van der Waals surface area contributed by atoms with Crippen LogP contribution >= 0.6 is 0 Å². The Bertz CT molecular complexity index is 717. The SMILES string of the molecule is CNC(=O)NC1(c2nnnn2-c2ccccc2C)CCC(C)CC1. The molecule has 1 fully saturated rings. The Hall–Kier alpha value is -2.44. The van der Waals surface area contributed by atoms with E-state index >= 15 is 0 Å². The number of nitrogens with one attached hydrogen (secondary N) is 2. The molecular formula is C17H24N6O. The number of aryl methyl sites for hydroxylation is 1. The lowest BCUT2D eigenvalue weighted by Crippen LogP contribution is -2.52. The smallest absolute Gasteiger partial charge is 0.315 e. The van der Waals surface area contributed by atoms with Crippen molar-refractivity contribution in [3.05, 3.63) is 35.7 Å². The molecule has 1 heterocycles. The number of benzene rings is 1. The Morgan fingerprint density at radius 1 is 1.29 bits per heavy atom. The van der Waals surface area contributed by atoms with Gasteiger partial charge in [-0.15, -0.1) is 5.10 Å². The number of urea groups is 1. The van der Waals surface area contributed by atoms with Crippen molar-refractivity contribution in [3.8, 4) is 5.69 Å². The number of rotatable bonds is 3. The molecule has 0 bridgehead atoms. The second kappa shape index (κ2) is 6.59. The van der Waals surface area contributed by atoms with Gasteiger partial charge in [0.25, 0.3) is 0 Å². The highest BCUT2D eigenvalue weighted by Crippen LogP contribution is 2.39. The number of carbonyl (C=O) groups is 1. The number of tetrazole rings is 1. The van der Waals surface area contributed by atoms with Crippen LogP contribution in [0, 0.1) is 12.8 Å². The number of amides is 2. The quantitative estimate of drug-likeness (QED) is 0.905. The molecule has 7 heteroatoms. The monoisotopic (exact) mass is 328 g/mol. The number of aromatic nitrogens is 4. The van der Waals surface area contributed by atoms with Crippen LogP contribution in [0.1, 0.15) is 44.0 Å². The second-order valence-corrected chi connectivity index (χ2v) is 6.67. The van der Waals surface area contributed by atoms with Gasteiger partial charge in [-0.1, -0.05) is 25.1 Å². The van der Waals surface area contributed by atoms with Gasteiger partial charge in [-0.3, -0.25) is 0 Å². The standard InChI is InChI=1S/C17H24N6O/c1-12-8-10-17(11-9-12,19-16(24)18-3)15-20-21-22-23(15)14-7-5-4-6-13(14)2/h4-7,12H,8-11H2,1-3H3,(H2,18,19,24). The molecule has 2 amide bonds. The average molecular weight is 328 g/mol. The van der Waals surface area contributed by atoms with Crippen molar-refractivity contribution in [2.75, 3.05) is 7.05 Å². The van der Waals surface area contributed by atoms with Gasteiger partial charge >= 0.3 is 6.03 Å². The second-order valence-electron chi connectivity index (χ2n) is 6.67. The van der Waals surface area contributed by atoms with Gasteiger partial charge in [0.15, 0.2) is 5.82 Å². The Kier molecular flexibility index (Phi) is 4.51. The molecule has 0 radical (unpaired) electrons. The van der Waals surface area contributed by atoms with Gasteiger partial charge in [-0.05, 0) is 60.6 Å². The van der Waals surface area contributed by atoms with Gasteiger partial charge in [-0.25, -0.2) is 4.79 Å². The Morgan fingerprint density at radius 3 is 2.67 bits per heavy atom. The zero-order valence-electron chi connectivity index (χ0n) is 14.4. The van der Waals surface area contributed by atoms with Crippen LogP contribution < -0.4 is 10.6 Å². The molecule has 2 aromatic rings. The topological polar surface area (TPSA) is 84.7 Å². The predicted octanol–water partition coefficient (Wildman–Crippen LogP) is 2.31. The fourth-order valence-electron chi connectivity index (χ4n) is 3.39. The molecule has 0 spiro atoms. The van der Waals surface area contributed by atoms with Gasteiger partial charge in [0.2, 0.25) is 0 Å². The Morgan fingerprint density at radius 2 is 2.00 bits per heavy atom. The molecule has 0 saturated heterocycles. The van der Waals surface area contributed by atoms with Gasteiger partial charge in [0.05, 0.1) is 5.69 Å². The van der Waals surface area contributed by atoms with Gasteiger partial charge in [-0.2, -0.15) is 4.68 Å². The molecular weight excluding hydrogens is 304 g/mol. The molecule has 0 atom stereocenters. The maximum atomic E-state index is 12.1. The highest BCUT2D eigenvalue weighted by molar-refractivity contribution is 5.74. The lowest BCUT2D eigenvalue weighted by Gasteiger charge is -2.38. The van der Waals surface area contributed by atoms with E-state index in [2.05, 4.69) is 33.1 Å². The minimum absolute atomic E-state index is 0.205. The van der Waals surface area contributed by atoms with Crippen LogP contribution in [0.25, 0.3) is 5.69 Å². The first-order chi connectivity index (χ1) is 11.6. The third-order valence-electron chi connectivity index (χ3n) is 4.95. The van der Waals surface area contributed by atoms with Crippen molar-refractivity contribution in [2.24, 2.45) is 5.92 Å². The molecule has 0 unspecified atom stereocenters. The fourth-order valence-corrected chi connectivity index (χ4v) is 3.39. The van der Waals surface area contributed by atoms with Crippen molar-refractivity contribution < 1.29 is 4.79 Å². The van der Waals surface area contributed by atoms with Crippen LogP contribution in [0.5, 0.6) is 0 Å². The minimum atomic E-state index is -0.543. The van der Waals surface area contributed by atoms with E-state index < -0.39 is 5.54 Å². The summed E-state index contributed by atoms with van der Waals surface area (Å²) in [5, 5.41) is 18.2. The van der Waals surface area contributed by atoms with Crippen LogP contribution in [0.3, 0.4) is 0 Å². The number of carbonyl (C=O) groups excluding carboxylic acids is 1. The average Bonchev–Trinajstić information content (AvgIpc) is 3.07. The largest absolute Gasteiger partial charge is 0.341 e. The number of para-hydroxylation sites is 1. The van der Waals surface area contributed by atoms with Crippen LogP contribution in [0.4, 0.5) is 4.79 Å². The van der Waals surface area contributed by atoms with Gasteiger partial charge < -0.3 is 10.6 Å². The van der Waals surface area contributed by atoms with Crippen molar-refractivity contribution in [1.29, 1.82) is 0 Å². The van der Waals surface area contributed by atoms with E-state index in [-0.39, 0.29) is 6.03 Å². The summed E-state index contributed by atoms with van der Waals surface area (Å²) < 4.78 is 1.77. The first kappa shape index (κ1) is 16.4. The van der Waals surface area contributed by atoms with Gasteiger partial charge in [0, 0.05) is 7.05 Å². The summed E-state index contributed by atoms with van der Waals surface area (Å²) in [4.78, 5) is 12.1. The third kappa shape index (κ3) is 2.98. The van der Waals surface area contributed by atoms with E-state index in [4.69, 9.17) is 0 Å². The summed E-state index contributed by atoms with van der Waals surface area (Å²) in [5.41, 5.74) is 1.48. The highest BCUT2D eigenvalue weighted by atomic mass is 16.2. The van der Waals surface area contributed by atoms with E-state index in [1.54, 1.807) is 11.7 Å². The van der Waals surface area contributed by atoms with Crippen molar-refractivity contribution in [3.63, 3.8) is 0 Å². The predicted molar refractivity (Wildman–Crippen MR) is 90.8 cm³/mol. The van der Waals surface area contributed by atoms with Crippen molar-refractivity contribution in [2.45, 2.75) is 45.1 Å². The number of hydrogen-bond acceptors (Lipinski definition) is 4. The summed E-state index contributed by atoms with van der Waals surface area (Å²) in [5.74, 6) is 1.35. The molecule has 1 aliphatic carbocycles. The van der Waals surface area contributed by atoms with E-state index in [1.165, 1.54) is 0 Å². The first-order valence-corrected chi connectivity index (χ1v) is 8.40. The Labute approximate surface area is 141 Å². The third-order valence-corrected chi connectivity index (χ3v) is 4.95. The van der Waals surface area contributed by atoms with Crippen LogP contribution in [0.2, 0.25) is 0 Å². The summed E-state index contributed by atoms with van der Waals surface area (Å²) in [6.07, 6.45) is 3.72. The lowest BCUT2D eigenvalue weighted by molar-refractivity contribution is 0.177. The molecule has 3 rings (SSSR count). The van der Waals surface area contributed by atoms with E-state index in [1.807, 2.05) is 31.2 Å². The van der Waals surface area contributed by atoms with Crippen LogP contribution in [-0.4, -0.2) is 33.3 Å². The molecule has 2 N–H and O–H groups in total. The van der Waals surface area contributed by atoms with E-state index in [0.717, 1.165) is 36.9 Å². The molecule has 1 saturated carbocycles. The van der Waals surface area contributed by atoms with Crippen molar-refractivity contribution >= 4 is 6.03 Å². The van der Waals surface area contributed by atoms with E-state index in [9.17, 15) is 4.79 Å². The maximum Gasteiger partial charge on any atom is 0.315 e. The molecule has 128 valence electrons. The highest BCUT2D eigenvalue weighted by Gasteiger charge is 2.42. The Balaban J connectivity index is 2.05. The normalized spacial score (nSPS) is 23.7. The number of nitrogens with zero attached hydrogens (tertiary/aromatic N) is 4. The molecule has 1 aliphatic rings. The molecule has 7 nitrogen and oxygen atoms in total. The van der Waals surface area contributed by atoms with Gasteiger partial charge in [0.1, 0.15) is 5.54 Å². The zero-order chi connectivity index (χ0) is 17.2.